The molecular formula is C16H13BF3N4O2. The van der Waals surface area contributed by atoms with Gasteiger partial charge in [0.25, 0.3) is 0 Å². The summed E-state index contributed by atoms with van der Waals surface area (Å²) in [7, 11) is 2.14. The molecule has 10 heteroatoms. The highest BCUT2D eigenvalue weighted by molar-refractivity contribution is 6.17. The first kappa shape index (κ1) is 17.9. The molecule has 0 aliphatic rings. The first-order valence-corrected chi connectivity index (χ1v) is 7.53. The number of benzene rings is 2. The third kappa shape index (κ3) is 4.02. The molecule has 3 aromatic rings. The van der Waals surface area contributed by atoms with Crippen LogP contribution in [0.3, 0.4) is 0 Å². The summed E-state index contributed by atoms with van der Waals surface area (Å²) in [6.45, 7) is 0. The van der Waals surface area contributed by atoms with Crippen LogP contribution in [0.5, 0.6) is 5.75 Å². The number of alkyl halides is 3. The quantitative estimate of drug-likeness (QED) is 0.707. The molecule has 0 spiro atoms. The van der Waals surface area contributed by atoms with E-state index in [1.165, 1.54) is 10.9 Å². The molecule has 0 unspecified atom stereocenters. The van der Waals surface area contributed by atoms with E-state index in [4.69, 9.17) is 9.68 Å². The van der Waals surface area contributed by atoms with E-state index in [0.717, 1.165) is 12.1 Å². The SMILES string of the molecule is Cn1nnc(-c2cc(O[B]O)ccc2Cc2cccc(C(F)(F)F)c2)n1. The Labute approximate surface area is 147 Å². The second-order valence-corrected chi connectivity index (χ2v) is 5.52. The Morgan fingerprint density at radius 3 is 2.65 bits per heavy atom. The van der Waals surface area contributed by atoms with Gasteiger partial charge in [-0.1, -0.05) is 24.3 Å². The van der Waals surface area contributed by atoms with E-state index in [9.17, 15) is 13.2 Å². The molecule has 1 aromatic heterocycles. The predicted octanol–water partition coefficient (Wildman–Crippen LogP) is 2.39. The van der Waals surface area contributed by atoms with Gasteiger partial charge in [-0.2, -0.15) is 18.0 Å². The summed E-state index contributed by atoms with van der Waals surface area (Å²) < 4.78 is 43.7. The van der Waals surface area contributed by atoms with E-state index in [0.29, 0.717) is 35.9 Å². The standard InChI is InChI=1S/C16H13BF3N4O2/c1-24-22-15(21-23-24)14-9-13(26-17-25)6-5-11(14)7-10-3-2-4-12(8-10)16(18,19)20/h2-6,8-9,25H,7H2,1H3. The van der Waals surface area contributed by atoms with Gasteiger partial charge in [0.05, 0.1) is 12.6 Å². The van der Waals surface area contributed by atoms with E-state index in [1.807, 2.05) is 0 Å². The van der Waals surface area contributed by atoms with Crippen molar-refractivity contribution in [2.24, 2.45) is 7.05 Å². The van der Waals surface area contributed by atoms with E-state index < -0.39 is 11.7 Å². The van der Waals surface area contributed by atoms with Gasteiger partial charge in [-0.05, 0) is 41.0 Å². The summed E-state index contributed by atoms with van der Waals surface area (Å²) in [6, 6.07) is 10.0. The number of hydrogen-bond acceptors (Lipinski definition) is 5. The molecule has 0 amide bonds. The Kier molecular flexibility index (Phi) is 4.94. The predicted molar refractivity (Wildman–Crippen MR) is 87.1 cm³/mol. The van der Waals surface area contributed by atoms with Crippen LogP contribution < -0.4 is 4.65 Å². The van der Waals surface area contributed by atoms with Crippen LogP contribution in [0.2, 0.25) is 0 Å². The lowest BCUT2D eigenvalue weighted by molar-refractivity contribution is -0.137. The molecule has 0 bridgehead atoms. The number of rotatable bonds is 5. The minimum absolute atomic E-state index is 0.237. The van der Waals surface area contributed by atoms with Crippen molar-refractivity contribution < 1.29 is 22.8 Å². The Bertz CT molecular complexity index is 915. The molecule has 0 fully saturated rings. The Morgan fingerprint density at radius 1 is 1.19 bits per heavy atom. The van der Waals surface area contributed by atoms with Crippen LogP contribution in [0.4, 0.5) is 13.2 Å². The summed E-state index contributed by atoms with van der Waals surface area (Å²) in [5.41, 5.74) is 1.04. The maximum atomic E-state index is 12.9. The molecule has 2 aromatic carbocycles. The van der Waals surface area contributed by atoms with Gasteiger partial charge in [-0.25, -0.2) is 0 Å². The molecule has 1 heterocycles. The lowest BCUT2D eigenvalue weighted by Gasteiger charge is -2.12. The number of tetrazole rings is 1. The van der Waals surface area contributed by atoms with Crippen molar-refractivity contribution in [1.29, 1.82) is 0 Å². The van der Waals surface area contributed by atoms with Crippen LogP contribution in [0.15, 0.2) is 42.5 Å². The lowest BCUT2D eigenvalue weighted by Crippen LogP contribution is -2.05. The maximum absolute atomic E-state index is 12.9. The van der Waals surface area contributed by atoms with Gasteiger partial charge in [0.2, 0.25) is 5.82 Å². The van der Waals surface area contributed by atoms with Gasteiger partial charge in [0.1, 0.15) is 5.75 Å². The largest absolute Gasteiger partial charge is 0.569 e. The fourth-order valence-corrected chi connectivity index (χ4v) is 2.52. The number of aryl methyl sites for hydroxylation is 1. The number of halogens is 3. The van der Waals surface area contributed by atoms with Gasteiger partial charge < -0.3 is 9.68 Å². The van der Waals surface area contributed by atoms with Crippen LogP contribution in [0, 0.1) is 0 Å². The van der Waals surface area contributed by atoms with Crippen LogP contribution in [0.1, 0.15) is 16.7 Å². The zero-order valence-electron chi connectivity index (χ0n) is 13.6. The van der Waals surface area contributed by atoms with Crippen LogP contribution in [-0.2, 0) is 19.6 Å². The molecule has 0 saturated heterocycles. The van der Waals surface area contributed by atoms with Crippen LogP contribution >= 0.6 is 0 Å². The molecule has 0 atom stereocenters. The third-order valence-electron chi connectivity index (χ3n) is 3.67. The summed E-state index contributed by atoms with van der Waals surface area (Å²) in [5.74, 6) is 0.639. The van der Waals surface area contributed by atoms with E-state index in [1.54, 1.807) is 31.3 Å². The highest BCUT2D eigenvalue weighted by atomic mass is 19.4. The fourth-order valence-electron chi connectivity index (χ4n) is 2.52. The van der Waals surface area contributed by atoms with E-state index in [2.05, 4.69) is 15.4 Å². The molecule has 1 N–H and O–H groups in total. The van der Waals surface area contributed by atoms with Crippen LogP contribution in [-0.4, -0.2) is 32.9 Å². The Morgan fingerprint density at radius 2 is 2.00 bits per heavy atom. The molecule has 6 nitrogen and oxygen atoms in total. The highest BCUT2D eigenvalue weighted by Gasteiger charge is 2.30. The minimum Gasteiger partial charge on any atom is -0.537 e. The molecule has 133 valence electrons. The lowest BCUT2D eigenvalue weighted by atomic mass is 9.97. The van der Waals surface area contributed by atoms with Crippen molar-refractivity contribution in [2.75, 3.05) is 0 Å². The van der Waals surface area contributed by atoms with Crippen molar-refractivity contribution in [3.8, 4) is 17.1 Å². The van der Waals surface area contributed by atoms with Gasteiger partial charge in [-0.15, -0.1) is 10.2 Å². The Hall–Kier alpha value is -2.88. The fraction of sp³-hybridized carbons (Fsp3) is 0.188. The number of hydrogen-bond donors (Lipinski definition) is 1. The molecule has 0 saturated carbocycles. The van der Waals surface area contributed by atoms with Gasteiger partial charge in [0.15, 0.2) is 0 Å². The van der Waals surface area contributed by atoms with Crippen molar-refractivity contribution in [3.05, 3.63) is 59.2 Å². The first-order chi connectivity index (χ1) is 12.4. The normalized spacial score (nSPS) is 11.4. The summed E-state index contributed by atoms with van der Waals surface area (Å²) in [5, 5.41) is 20.6. The second-order valence-electron chi connectivity index (χ2n) is 5.52. The molecule has 26 heavy (non-hydrogen) atoms. The van der Waals surface area contributed by atoms with E-state index in [-0.39, 0.29) is 6.42 Å². The van der Waals surface area contributed by atoms with Crippen molar-refractivity contribution in [2.45, 2.75) is 12.6 Å². The highest BCUT2D eigenvalue weighted by Crippen LogP contribution is 2.31. The van der Waals surface area contributed by atoms with Crippen molar-refractivity contribution >= 4 is 7.69 Å². The monoisotopic (exact) mass is 361 g/mol. The molecule has 0 aliphatic heterocycles. The minimum atomic E-state index is -4.40. The Balaban J connectivity index is 1.99. The topological polar surface area (TPSA) is 73.1 Å². The zero-order valence-corrected chi connectivity index (χ0v) is 13.6. The van der Waals surface area contributed by atoms with Gasteiger partial charge >= 0.3 is 13.9 Å². The number of aromatic nitrogens is 4. The number of nitrogens with zero attached hydrogens (tertiary/aromatic N) is 4. The average molecular weight is 361 g/mol. The summed E-state index contributed by atoms with van der Waals surface area (Å²) in [6.07, 6.45) is -4.17. The summed E-state index contributed by atoms with van der Waals surface area (Å²) in [4.78, 5) is 1.27. The van der Waals surface area contributed by atoms with Gasteiger partial charge in [-0.3, -0.25) is 0 Å². The van der Waals surface area contributed by atoms with Crippen LogP contribution in [0.25, 0.3) is 11.4 Å². The zero-order chi connectivity index (χ0) is 18.7. The molecular weight excluding hydrogens is 348 g/mol. The van der Waals surface area contributed by atoms with E-state index >= 15 is 0 Å². The van der Waals surface area contributed by atoms with Crippen molar-refractivity contribution in [3.63, 3.8) is 0 Å². The molecule has 0 aliphatic carbocycles. The maximum Gasteiger partial charge on any atom is 0.569 e. The molecule has 3 rings (SSSR count). The smallest absolute Gasteiger partial charge is 0.537 e. The molecule has 1 radical (unpaired) electrons. The summed E-state index contributed by atoms with van der Waals surface area (Å²) >= 11 is 0. The first-order valence-electron chi connectivity index (χ1n) is 7.53. The third-order valence-corrected chi connectivity index (χ3v) is 3.67. The van der Waals surface area contributed by atoms with Gasteiger partial charge in [0, 0.05) is 5.56 Å². The average Bonchev–Trinajstić information content (AvgIpc) is 3.02. The second kappa shape index (κ2) is 7.16. The van der Waals surface area contributed by atoms with Crippen molar-refractivity contribution in [1.82, 2.24) is 20.2 Å².